The van der Waals surface area contributed by atoms with Crippen LogP contribution in [0.4, 0.5) is 11.6 Å². The number of aromatic nitrogens is 2. The van der Waals surface area contributed by atoms with Gasteiger partial charge in [0.2, 0.25) is 5.95 Å². The molecule has 0 saturated carbocycles. The van der Waals surface area contributed by atoms with Gasteiger partial charge in [-0.2, -0.15) is 0 Å². The summed E-state index contributed by atoms with van der Waals surface area (Å²) in [4.78, 5) is 4.28. The zero-order valence-corrected chi connectivity index (χ0v) is 11.2. The van der Waals surface area contributed by atoms with Crippen LogP contribution in [0.5, 0.6) is 0 Å². The fourth-order valence-corrected chi connectivity index (χ4v) is 2.15. The number of allylic oxidation sites excluding steroid dienone is 1. The average Bonchev–Trinajstić information content (AvgIpc) is 2.71. The lowest BCUT2D eigenvalue weighted by Gasteiger charge is -2.10. The topological polar surface area (TPSA) is 29.9 Å². The third kappa shape index (κ3) is 2.77. The molecule has 3 nitrogen and oxygen atoms in total. The molecule has 0 aliphatic carbocycles. The van der Waals surface area contributed by atoms with Gasteiger partial charge in [0, 0.05) is 23.4 Å². The van der Waals surface area contributed by atoms with Crippen LogP contribution in [0.1, 0.15) is 5.56 Å². The second kappa shape index (κ2) is 5.19. The Morgan fingerprint density at radius 2 is 2.35 bits per heavy atom. The van der Waals surface area contributed by atoms with Gasteiger partial charge in [-0.05, 0) is 40.5 Å². The van der Waals surface area contributed by atoms with Crippen molar-refractivity contribution in [3.05, 3.63) is 53.3 Å². The van der Waals surface area contributed by atoms with Gasteiger partial charge in [-0.3, -0.25) is 0 Å². The van der Waals surface area contributed by atoms with E-state index in [1.165, 1.54) is 5.56 Å². The van der Waals surface area contributed by atoms with Crippen LogP contribution in [0.25, 0.3) is 0 Å². The predicted molar refractivity (Wildman–Crippen MR) is 74.6 cm³/mol. The van der Waals surface area contributed by atoms with Crippen molar-refractivity contribution >= 4 is 27.6 Å². The third-order valence-corrected chi connectivity index (χ3v) is 3.07. The van der Waals surface area contributed by atoms with E-state index in [4.69, 9.17) is 0 Å². The number of nitrogens with one attached hydrogen (secondary N) is 1. The monoisotopic (exact) mass is 291 g/mol. The second-order valence-corrected chi connectivity index (χ2v) is 4.65. The molecule has 0 radical (unpaired) electrons. The minimum atomic E-state index is 0.742. The SMILES string of the molecule is C=CCn1ccnc1Nc1ccc(C)cc1Br. The standard InChI is InChI=1S/C13H14BrN3/c1-3-7-17-8-6-15-13(17)16-12-5-4-10(2)9-11(12)14/h3-6,8-9H,1,7H2,2H3,(H,15,16). The Labute approximate surface area is 109 Å². The quantitative estimate of drug-likeness (QED) is 0.867. The highest BCUT2D eigenvalue weighted by molar-refractivity contribution is 9.10. The van der Waals surface area contributed by atoms with Crippen molar-refractivity contribution in [2.75, 3.05) is 5.32 Å². The fraction of sp³-hybridized carbons (Fsp3) is 0.154. The minimum Gasteiger partial charge on any atom is -0.325 e. The molecule has 2 aromatic rings. The molecule has 0 fully saturated rings. The van der Waals surface area contributed by atoms with Gasteiger partial charge < -0.3 is 9.88 Å². The molecular weight excluding hydrogens is 278 g/mol. The molecule has 0 spiro atoms. The average molecular weight is 292 g/mol. The van der Waals surface area contributed by atoms with E-state index in [-0.39, 0.29) is 0 Å². The molecule has 0 unspecified atom stereocenters. The highest BCUT2D eigenvalue weighted by atomic mass is 79.9. The highest BCUT2D eigenvalue weighted by Crippen LogP contribution is 2.26. The van der Waals surface area contributed by atoms with Crippen LogP contribution in [-0.4, -0.2) is 9.55 Å². The summed E-state index contributed by atoms with van der Waals surface area (Å²) in [6.07, 6.45) is 5.54. The molecule has 0 amide bonds. The van der Waals surface area contributed by atoms with Gasteiger partial charge >= 0.3 is 0 Å². The molecule has 1 N–H and O–H groups in total. The van der Waals surface area contributed by atoms with Gasteiger partial charge in [0.05, 0.1) is 5.69 Å². The third-order valence-electron chi connectivity index (χ3n) is 2.41. The van der Waals surface area contributed by atoms with Crippen molar-refractivity contribution in [1.29, 1.82) is 0 Å². The van der Waals surface area contributed by atoms with E-state index in [1.54, 1.807) is 6.20 Å². The Bertz CT molecular complexity index is 531. The van der Waals surface area contributed by atoms with E-state index in [0.29, 0.717) is 0 Å². The number of halogens is 1. The van der Waals surface area contributed by atoms with E-state index in [2.05, 4.69) is 51.9 Å². The number of aryl methyl sites for hydroxylation is 1. The molecule has 1 aromatic carbocycles. The van der Waals surface area contributed by atoms with Gasteiger partial charge in [0.1, 0.15) is 0 Å². The van der Waals surface area contributed by atoms with Crippen molar-refractivity contribution in [1.82, 2.24) is 9.55 Å². The first kappa shape index (κ1) is 11.9. The van der Waals surface area contributed by atoms with Crippen LogP contribution in [0.15, 0.2) is 47.7 Å². The summed E-state index contributed by atoms with van der Waals surface area (Å²) in [5.74, 6) is 0.814. The summed E-state index contributed by atoms with van der Waals surface area (Å²) < 4.78 is 3.03. The lowest BCUT2D eigenvalue weighted by Crippen LogP contribution is -2.02. The molecule has 0 aliphatic heterocycles. The van der Waals surface area contributed by atoms with Gasteiger partial charge in [-0.15, -0.1) is 6.58 Å². The summed E-state index contributed by atoms with van der Waals surface area (Å²) in [7, 11) is 0. The van der Waals surface area contributed by atoms with Gasteiger partial charge in [0.25, 0.3) is 0 Å². The van der Waals surface area contributed by atoms with E-state index in [0.717, 1.165) is 22.7 Å². The normalized spacial score (nSPS) is 10.2. The van der Waals surface area contributed by atoms with Crippen LogP contribution < -0.4 is 5.32 Å². The van der Waals surface area contributed by atoms with E-state index >= 15 is 0 Å². The van der Waals surface area contributed by atoms with Crippen molar-refractivity contribution in [2.24, 2.45) is 0 Å². The molecule has 0 atom stereocenters. The molecule has 0 bridgehead atoms. The second-order valence-electron chi connectivity index (χ2n) is 3.80. The van der Waals surface area contributed by atoms with E-state index in [9.17, 15) is 0 Å². The number of hydrogen-bond acceptors (Lipinski definition) is 2. The first-order chi connectivity index (χ1) is 8.20. The Morgan fingerprint density at radius 1 is 1.53 bits per heavy atom. The number of benzene rings is 1. The Morgan fingerprint density at radius 3 is 3.06 bits per heavy atom. The molecule has 17 heavy (non-hydrogen) atoms. The Kier molecular flexibility index (Phi) is 3.64. The Hall–Kier alpha value is -1.55. The summed E-state index contributed by atoms with van der Waals surface area (Å²) in [5, 5.41) is 3.29. The van der Waals surface area contributed by atoms with Crippen LogP contribution in [0.2, 0.25) is 0 Å². The largest absolute Gasteiger partial charge is 0.325 e. The van der Waals surface area contributed by atoms with Crippen molar-refractivity contribution in [3.8, 4) is 0 Å². The van der Waals surface area contributed by atoms with Crippen molar-refractivity contribution in [3.63, 3.8) is 0 Å². The fourth-order valence-electron chi connectivity index (χ4n) is 1.56. The van der Waals surface area contributed by atoms with Crippen molar-refractivity contribution < 1.29 is 0 Å². The lowest BCUT2D eigenvalue weighted by molar-refractivity contribution is 0.833. The minimum absolute atomic E-state index is 0.742. The molecule has 0 aliphatic rings. The molecule has 1 heterocycles. The van der Waals surface area contributed by atoms with Crippen LogP contribution in [0.3, 0.4) is 0 Å². The summed E-state index contributed by atoms with van der Waals surface area (Å²) in [6.45, 7) is 6.53. The maximum absolute atomic E-state index is 4.28. The molecule has 4 heteroatoms. The van der Waals surface area contributed by atoms with Gasteiger partial charge in [0.15, 0.2) is 0 Å². The number of hydrogen-bond donors (Lipinski definition) is 1. The van der Waals surface area contributed by atoms with Gasteiger partial charge in [-0.25, -0.2) is 4.98 Å². The van der Waals surface area contributed by atoms with Crippen LogP contribution in [0, 0.1) is 6.92 Å². The Balaban J connectivity index is 2.25. The highest BCUT2D eigenvalue weighted by Gasteiger charge is 2.04. The molecule has 88 valence electrons. The van der Waals surface area contributed by atoms with Crippen LogP contribution in [-0.2, 0) is 6.54 Å². The predicted octanol–water partition coefficient (Wildman–Crippen LogP) is 3.88. The zero-order chi connectivity index (χ0) is 12.3. The summed E-state index contributed by atoms with van der Waals surface area (Å²) in [5.41, 5.74) is 2.23. The lowest BCUT2D eigenvalue weighted by atomic mass is 10.2. The van der Waals surface area contributed by atoms with Crippen LogP contribution >= 0.6 is 15.9 Å². The maximum Gasteiger partial charge on any atom is 0.207 e. The first-order valence-corrected chi connectivity index (χ1v) is 6.15. The summed E-state index contributed by atoms with van der Waals surface area (Å²) >= 11 is 3.54. The first-order valence-electron chi connectivity index (χ1n) is 5.36. The molecule has 2 rings (SSSR count). The van der Waals surface area contributed by atoms with E-state index < -0.39 is 0 Å². The number of rotatable bonds is 4. The zero-order valence-electron chi connectivity index (χ0n) is 9.65. The maximum atomic E-state index is 4.28. The number of imidazole rings is 1. The van der Waals surface area contributed by atoms with Gasteiger partial charge in [-0.1, -0.05) is 12.1 Å². The number of anilines is 2. The molecule has 1 aromatic heterocycles. The molecule has 0 saturated heterocycles. The summed E-state index contributed by atoms with van der Waals surface area (Å²) in [6, 6.07) is 6.17. The van der Waals surface area contributed by atoms with E-state index in [1.807, 2.05) is 22.9 Å². The smallest absolute Gasteiger partial charge is 0.207 e. The number of nitrogens with zero attached hydrogens (tertiary/aromatic N) is 2. The van der Waals surface area contributed by atoms with Crippen molar-refractivity contribution in [2.45, 2.75) is 13.5 Å². The molecular formula is C13H14BrN3.